The molecule has 0 aromatic heterocycles. The van der Waals surface area contributed by atoms with Gasteiger partial charge in [-0.25, -0.2) is 0 Å². The second kappa shape index (κ2) is 7.57. The number of hydrogen-bond acceptors (Lipinski definition) is 1. The minimum atomic E-state index is 0. The first kappa shape index (κ1) is 18.8. The molecule has 1 heterocycles. The zero-order valence-corrected chi connectivity index (χ0v) is 16.0. The van der Waals surface area contributed by atoms with Crippen molar-refractivity contribution in [3.63, 3.8) is 0 Å². The van der Waals surface area contributed by atoms with E-state index in [4.69, 9.17) is 0 Å². The Morgan fingerprint density at radius 1 is 0.913 bits per heavy atom. The van der Waals surface area contributed by atoms with Gasteiger partial charge in [0.05, 0.1) is 0 Å². The van der Waals surface area contributed by atoms with E-state index >= 15 is 0 Å². The van der Waals surface area contributed by atoms with Gasteiger partial charge in [-0.05, 0) is 68.5 Å². The third kappa shape index (κ3) is 3.94. The number of benzene rings is 1. The van der Waals surface area contributed by atoms with E-state index in [0.29, 0.717) is 11.0 Å². The molecule has 0 atom stereocenters. The summed E-state index contributed by atoms with van der Waals surface area (Å²) in [4.78, 5) is 2.84. The molecule has 3 rings (SSSR count). The molecule has 1 saturated heterocycles. The fraction of sp³-hybridized carbons (Fsp3) is 0.714. The van der Waals surface area contributed by atoms with Gasteiger partial charge >= 0.3 is 0 Å². The number of rotatable bonds is 2. The first-order valence-corrected chi connectivity index (χ1v) is 9.33. The molecule has 0 bridgehead atoms. The molecule has 1 aliphatic heterocycles. The van der Waals surface area contributed by atoms with Crippen LogP contribution in [0.2, 0.25) is 0 Å². The Labute approximate surface area is 149 Å². The Kier molecular flexibility index (Phi) is 6.19. The Morgan fingerprint density at radius 3 is 2.00 bits per heavy atom. The molecule has 0 unspecified atom stereocenters. The zero-order valence-electron chi connectivity index (χ0n) is 15.2. The van der Waals surface area contributed by atoms with Crippen molar-refractivity contribution in [1.29, 1.82) is 0 Å². The summed E-state index contributed by atoms with van der Waals surface area (Å²) >= 11 is 0. The number of halogens is 1. The zero-order chi connectivity index (χ0) is 15.6. The summed E-state index contributed by atoms with van der Waals surface area (Å²) in [5.74, 6) is 0.883. The number of piperidine rings is 1. The van der Waals surface area contributed by atoms with Gasteiger partial charge in [0, 0.05) is 5.54 Å². The lowest BCUT2D eigenvalue weighted by Crippen LogP contribution is -2.51. The maximum absolute atomic E-state index is 2.84. The molecule has 2 fully saturated rings. The smallest absolute Gasteiger partial charge is 0.0460 e. The Balaban J connectivity index is 0.00000192. The van der Waals surface area contributed by atoms with E-state index in [1.807, 2.05) is 0 Å². The van der Waals surface area contributed by atoms with Gasteiger partial charge in [0.1, 0.15) is 0 Å². The molecular formula is C21H34ClN. The SMILES string of the molecule is CC(C)(C)C1CCC(c2ccccc2)(N2CCCCC2)CC1.Cl. The molecule has 1 saturated carbocycles. The van der Waals surface area contributed by atoms with Crippen LogP contribution in [0.1, 0.15) is 71.3 Å². The van der Waals surface area contributed by atoms with Gasteiger partial charge in [-0.15, -0.1) is 12.4 Å². The first-order valence-electron chi connectivity index (χ1n) is 9.33. The van der Waals surface area contributed by atoms with Crippen LogP contribution in [0.15, 0.2) is 30.3 Å². The molecule has 2 aliphatic rings. The molecule has 1 aliphatic carbocycles. The van der Waals surface area contributed by atoms with Crippen molar-refractivity contribution in [3.8, 4) is 0 Å². The largest absolute Gasteiger partial charge is 0.294 e. The van der Waals surface area contributed by atoms with Gasteiger partial charge < -0.3 is 0 Å². The monoisotopic (exact) mass is 335 g/mol. The highest BCUT2D eigenvalue weighted by atomic mass is 35.5. The van der Waals surface area contributed by atoms with Crippen LogP contribution >= 0.6 is 12.4 Å². The first-order chi connectivity index (χ1) is 10.5. The van der Waals surface area contributed by atoms with Crippen LogP contribution in [0.5, 0.6) is 0 Å². The minimum absolute atomic E-state index is 0. The Bertz CT molecular complexity index is 462. The fourth-order valence-electron chi connectivity index (χ4n) is 4.82. The van der Waals surface area contributed by atoms with Crippen molar-refractivity contribution >= 4 is 12.4 Å². The molecule has 0 N–H and O–H groups in total. The van der Waals surface area contributed by atoms with Crippen molar-refractivity contribution in [1.82, 2.24) is 4.90 Å². The summed E-state index contributed by atoms with van der Waals surface area (Å²) in [5.41, 5.74) is 2.36. The molecule has 1 aromatic rings. The Morgan fingerprint density at radius 2 is 1.48 bits per heavy atom. The van der Waals surface area contributed by atoms with E-state index in [1.54, 1.807) is 5.56 Å². The van der Waals surface area contributed by atoms with Crippen molar-refractivity contribution in [2.24, 2.45) is 11.3 Å². The highest BCUT2D eigenvalue weighted by molar-refractivity contribution is 5.85. The molecule has 2 heteroatoms. The maximum Gasteiger partial charge on any atom is 0.0460 e. The highest BCUT2D eigenvalue weighted by Gasteiger charge is 2.43. The van der Waals surface area contributed by atoms with Crippen LogP contribution < -0.4 is 0 Å². The predicted octanol–water partition coefficient (Wildman–Crippen LogP) is 6.03. The van der Waals surface area contributed by atoms with E-state index in [-0.39, 0.29) is 12.4 Å². The average molecular weight is 336 g/mol. The fourth-order valence-corrected chi connectivity index (χ4v) is 4.82. The molecule has 1 nitrogen and oxygen atoms in total. The van der Waals surface area contributed by atoms with E-state index < -0.39 is 0 Å². The summed E-state index contributed by atoms with van der Waals surface area (Å²) < 4.78 is 0. The van der Waals surface area contributed by atoms with Crippen LogP contribution in [0.4, 0.5) is 0 Å². The van der Waals surface area contributed by atoms with Gasteiger partial charge in [0.2, 0.25) is 0 Å². The normalized spacial score (nSPS) is 29.8. The third-order valence-corrected chi connectivity index (χ3v) is 6.31. The molecular weight excluding hydrogens is 302 g/mol. The number of hydrogen-bond donors (Lipinski definition) is 0. The molecule has 23 heavy (non-hydrogen) atoms. The topological polar surface area (TPSA) is 3.24 Å². The lowest BCUT2D eigenvalue weighted by Gasteiger charge is -2.51. The average Bonchev–Trinajstić information content (AvgIpc) is 2.56. The van der Waals surface area contributed by atoms with Gasteiger partial charge in [-0.3, -0.25) is 4.90 Å². The van der Waals surface area contributed by atoms with Crippen LogP contribution in [-0.4, -0.2) is 18.0 Å². The van der Waals surface area contributed by atoms with Crippen LogP contribution in [0.3, 0.4) is 0 Å². The minimum Gasteiger partial charge on any atom is -0.294 e. The standard InChI is InChI=1S/C21H33N.ClH/c1-20(2,3)18-12-14-21(15-13-18,19-10-6-4-7-11-19)22-16-8-5-9-17-22;/h4,6-7,10-11,18H,5,8-9,12-17H2,1-3H3;1H. The van der Waals surface area contributed by atoms with E-state index in [9.17, 15) is 0 Å². The quantitative estimate of drug-likeness (QED) is 0.638. The van der Waals surface area contributed by atoms with Crippen LogP contribution in [0.25, 0.3) is 0 Å². The van der Waals surface area contributed by atoms with E-state index in [0.717, 1.165) is 5.92 Å². The molecule has 0 spiro atoms. The van der Waals surface area contributed by atoms with E-state index in [2.05, 4.69) is 56.0 Å². The van der Waals surface area contributed by atoms with Crippen LogP contribution in [-0.2, 0) is 5.54 Å². The molecule has 1 aromatic carbocycles. The number of likely N-dealkylation sites (tertiary alicyclic amines) is 1. The number of nitrogens with zero attached hydrogens (tertiary/aromatic N) is 1. The second-order valence-corrected chi connectivity index (χ2v) is 8.59. The highest BCUT2D eigenvalue weighted by Crippen LogP contribution is 2.49. The van der Waals surface area contributed by atoms with Crippen molar-refractivity contribution < 1.29 is 0 Å². The van der Waals surface area contributed by atoms with Gasteiger partial charge in [0.15, 0.2) is 0 Å². The molecule has 0 amide bonds. The van der Waals surface area contributed by atoms with Gasteiger partial charge in [-0.2, -0.15) is 0 Å². The van der Waals surface area contributed by atoms with Crippen molar-refractivity contribution in [3.05, 3.63) is 35.9 Å². The third-order valence-electron chi connectivity index (χ3n) is 6.31. The summed E-state index contributed by atoms with van der Waals surface area (Å²) in [5, 5.41) is 0. The molecule has 130 valence electrons. The summed E-state index contributed by atoms with van der Waals surface area (Å²) in [6.07, 6.45) is 9.66. The maximum atomic E-state index is 2.84. The second-order valence-electron chi connectivity index (χ2n) is 8.59. The summed E-state index contributed by atoms with van der Waals surface area (Å²) in [6, 6.07) is 11.4. The predicted molar refractivity (Wildman–Crippen MR) is 102 cm³/mol. The lowest BCUT2D eigenvalue weighted by atomic mass is 9.64. The van der Waals surface area contributed by atoms with E-state index in [1.165, 1.54) is 58.0 Å². The van der Waals surface area contributed by atoms with Crippen molar-refractivity contribution in [2.45, 2.75) is 71.3 Å². The Hall–Kier alpha value is -0.530. The molecule has 0 radical (unpaired) electrons. The summed E-state index contributed by atoms with van der Waals surface area (Å²) in [7, 11) is 0. The van der Waals surface area contributed by atoms with Crippen LogP contribution in [0, 0.1) is 11.3 Å². The lowest BCUT2D eigenvalue weighted by molar-refractivity contribution is 0.000201. The van der Waals surface area contributed by atoms with Crippen molar-refractivity contribution in [2.75, 3.05) is 13.1 Å². The summed E-state index contributed by atoms with van der Waals surface area (Å²) in [6.45, 7) is 9.88. The van der Waals surface area contributed by atoms with Gasteiger partial charge in [-0.1, -0.05) is 57.5 Å². The van der Waals surface area contributed by atoms with Gasteiger partial charge in [0.25, 0.3) is 0 Å².